The molecule has 0 unspecified atom stereocenters. The van der Waals surface area contributed by atoms with Gasteiger partial charge < -0.3 is 0 Å². The van der Waals surface area contributed by atoms with Crippen LogP contribution in [0.4, 0.5) is 8.78 Å². The molecule has 1 aromatic carbocycles. The van der Waals surface area contributed by atoms with Crippen LogP contribution in [-0.4, -0.2) is 5.33 Å². The van der Waals surface area contributed by atoms with Crippen molar-refractivity contribution in [2.45, 2.75) is 19.3 Å². The normalized spacial score (nSPS) is 10.3. The van der Waals surface area contributed by atoms with Crippen molar-refractivity contribution in [1.29, 1.82) is 5.26 Å². The van der Waals surface area contributed by atoms with Crippen LogP contribution in [0.3, 0.4) is 0 Å². The SMILES string of the molecule is N#Cc1ccc(C(F)F)cc1CCCBr. The Bertz CT molecular complexity index is 371. The summed E-state index contributed by atoms with van der Waals surface area (Å²) in [7, 11) is 0. The summed E-state index contributed by atoms with van der Waals surface area (Å²) in [5.74, 6) is 0. The van der Waals surface area contributed by atoms with E-state index in [2.05, 4.69) is 15.9 Å². The first-order chi connectivity index (χ1) is 7.19. The molecule has 80 valence electrons. The minimum Gasteiger partial charge on any atom is -0.205 e. The van der Waals surface area contributed by atoms with Crippen LogP contribution in [-0.2, 0) is 6.42 Å². The Hall–Kier alpha value is -0.950. The number of rotatable bonds is 4. The second kappa shape index (κ2) is 5.82. The number of nitrogens with zero attached hydrogens (tertiary/aromatic N) is 1. The molecular formula is C11H10BrF2N. The van der Waals surface area contributed by atoms with Gasteiger partial charge in [0.25, 0.3) is 6.43 Å². The number of halogens is 3. The van der Waals surface area contributed by atoms with Gasteiger partial charge in [-0.1, -0.05) is 22.0 Å². The number of benzene rings is 1. The third-order valence-corrected chi connectivity index (χ3v) is 2.64. The second-order valence-electron chi connectivity index (χ2n) is 3.12. The van der Waals surface area contributed by atoms with Crippen molar-refractivity contribution in [2.24, 2.45) is 0 Å². The summed E-state index contributed by atoms with van der Waals surface area (Å²) in [6.45, 7) is 0. The first kappa shape index (κ1) is 12.1. The predicted molar refractivity (Wildman–Crippen MR) is 58.2 cm³/mol. The molecule has 0 N–H and O–H groups in total. The molecule has 0 heterocycles. The molecule has 0 spiro atoms. The van der Waals surface area contributed by atoms with E-state index in [0.29, 0.717) is 17.5 Å². The van der Waals surface area contributed by atoms with Gasteiger partial charge in [0.2, 0.25) is 0 Å². The Balaban J connectivity index is 2.98. The standard InChI is InChI=1S/C11H10BrF2N/c12-5-1-2-8-6-9(11(13)14)3-4-10(8)7-15/h3-4,6,11H,1-2,5H2. The van der Waals surface area contributed by atoms with Gasteiger partial charge in [0.1, 0.15) is 0 Å². The van der Waals surface area contributed by atoms with Gasteiger partial charge in [-0.15, -0.1) is 0 Å². The highest BCUT2D eigenvalue weighted by Gasteiger charge is 2.10. The lowest BCUT2D eigenvalue weighted by molar-refractivity contribution is 0.151. The molecule has 1 aromatic rings. The lowest BCUT2D eigenvalue weighted by Gasteiger charge is -2.06. The van der Waals surface area contributed by atoms with E-state index in [1.807, 2.05) is 6.07 Å². The van der Waals surface area contributed by atoms with Crippen molar-refractivity contribution in [1.82, 2.24) is 0 Å². The molecule has 0 bridgehead atoms. The lowest BCUT2D eigenvalue weighted by Crippen LogP contribution is -1.94. The van der Waals surface area contributed by atoms with E-state index in [9.17, 15) is 8.78 Å². The van der Waals surface area contributed by atoms with Gasteiger partial charge in [-0.3, -0.25) is 0 Å². The fraction of sp³-hybridized carbons (Fsp3) is 0.364. The van der Waals surface area contributed by atoms with Crippen molar-refractivity contribution < 1.29 is 8.78 Å². The molecule has 0 aliphatic carbocycles. The molecule has 15 heavy (non-hydrogen) atoms. The number of hydrogen-bond acceptors (Lipinski definition) is 1. The molecule has 1 rings (SSSR count). The summed E-state index contributed by atoms with van der Waals surface area (Å²) in [5, 5.41) is 9.60. The van der Waals surface area contributed by atoms with E-state index in [0.717, 1.165) is 11.8 Å². The van der Waals surface area contributed by atoms with E-state index in [-0.39, 0.29) is 5.56 Å². The van der Waals surface area contributed by atoms with Crippen molar-refractivity contribution >= 4 is 15.9 Å². The first-order valence-electron chi connectivity index (χ1n) is 4.56. The fourth-order valence-electron chi connectivity index (χ4n) is 1.32. The molecule has 0 saturated heterocycles. The molecule has 0 amide bonds. The smallest absolute Gasteiger partial charge is 0.205 e. The number of nitriles is 1. The zero-order chi connectivity index (χ0) is 11.3. The predicted octanol–water partition coefficient (Wildman–Crippen LogP) is 3.82. The molecular weight excluding hydrogens is 264 g/mol. The van der Waals surface area contributed by atoms with Crippen LogP contribution in [0.25, 0.3) is 0 Å². The molecule has 0 atom stereocenters. The van der Waals surface area contributed by atoms with Crippen molar-refractivity contribution in [3.05, 3.63) is 34.9 Å². The minimum atomic E-state index is -2.47. The highest BCUT2D eigenvalue weighted by molar-refractivity contribution is 9.09. The molecule has 0 saturated carbocycles. The van der Waals surface area contributed by atoms with Gasteiger partial charge in [0.05, 0.1) is 11.6 Å². The molecule has 4 heteroatoms. The highest BCUT2D eigenvalue weighted by Crippen LogP contribution is 2.22. The average Bonchev–Trinajstić information content (AvgIpc) is 2.25. The molecule has 0 fully saturated rings. The summed E-state index contributed by atoms with van der Waals surface area (Å²) in [4.78, 5) is 0. The van der Waals surface area contributed by atoms with E-state index in [4.69, 9.17) is 5.26 Å². The number of aryl methyl sites for hydroxylation is 1. The van der Waals surface area contributed by atoms with Crippen LogP contribution in [0, 0.1) is 11.3 Å². The Kier molecular flexibility index (Phi) is 4.70. The maximum Gasteiger partial charge on any atom is 0.263 e. The van der Waals surface area contributed by atoms with E-state index < -0.39 is 6.43 Å². The van der Waals surface area contributed by atoms with Crippen LogP contribution in [0.1, 0.15) is 29.5 Å². The van der Waals surface area contributed by atoms with E-state index in [1.54, 1.807) is 0 Å². The highest BCUT2D eigenvalue weighted by atomic mass is 79.9. The topological polar surface area (TPSA) is 23.8 Å². The Morgan fingerprint density at radius 2 is 2.13 bits per heavy atom. The van der Waals surface area contributed by atoms with Gasteiger partial charge in [0.15, 0.2) is 0 Å². The molecule has 0 aliphatic heterocycles. The van der Waals surface area contributed by atoms with Crippen LogP contribution in [0.2, 0.25) is 0 Å². The Morgan fingerprint density at radius 3 is 2.67 bits per heavy atom. The average molecular weight is 274 g/mol. The Morgan fingerprint density at radius 1 is 1.40 bits per heavy atom. The van der Waals surface area contributed by atoms with Gasteiger partial charge in [-0.05, 0) is 30.5 Å². The van der Waals surface area contributed by atoms with Crippen LogP contribution >= 0.6 is 15.9 Å². The second-order valence-corrected chi connectivity index (χ2v) is 3.91. The van der Waals surface area contributed by atoms with Crippen LogP contribution < -0.4 is 0 Å². The van der Waals surface area contributed by atoms with Crippen LogP contribution in [0.15, 0.2) is 18.2 Å². The molecule has 0 radical (unpaired) electrons. The van der Waals surface area contributed by atoms with Gasteiger partial charge in [-0.25, -0.2) is 8.78 Å². The van der Waals surface area contributed by atoms with Crippen molar-refractivity contribution in [2.75, 3.05) is 5.33 Å². The van der Waals surface area contributed by atoms with Crippen LogP contribution in [0.5, 0.6) is 0 Å². The van der Waals surface area contributed by atoms with Crippen molar-refractivity contribution in [3.63, 3.8) is 0 Å². The lowest BCUT2D eigenvalue weighted by atomic mass is 10.0. The number of hydrogen-bond donors (Lipinski definition) is 0. The van der Waals surface area contributed by atoms with E-state index in [1.165, 1.54) is 18.2 Å². The fourth-order valence-corrected chi connectivity index (χ4v) is 1.60. The number of alkyl halides is 3. The quantitative estimate of drug-likeness (QED) is 0.765. The maximum atomic E-state index is 12.4. The van der Waals surface area contributed by atoms with Crippen molar-refractivity contribution in [3.8, 4) is 6.07 Å². The summed E-state index contributed by atoms with van der Waals surface area (Å²) < 4.78 is 24.8. The molecule has 0 aromatic heterocycles. The summed E-state index contributed by atoms with van der Waals surface area (Å²) >= 11 is 3.27. The zero-order valence-electron chi connectivity index (χ0n) is 8.01. The van der Waals surface area contributed by atoms with Gasteiger partial charge >= 0.3 is 0 Å². The summed E-state index contributed by atoms with van der Waals surface area (Å²) in [6.07, 6.45) is -0.990. The summed E-state index contributed by atoms with van der Waals surface area (Å²) in [5.41, 5.74) is 1.17. The van der Waals surface area contributed by atoms with E-state index >= 15 is 0 Å². The first-order valence-corrected chi connectivity index (χ1v) is 5.68. The molecule has 1 nitrogen and oxygen atoms in total. The minimum absolute atomic E-state index is 0.0152. The third kappa shape index (κ3) is 3.28. The zero-order valence-corrected chi connectivity index (χ0v) is 9.60. The summed E-state index contributed by atoms with van der Waals surface area (Å²) in [6, 6.07) is 6.20. The monoisotopic (exact) mass is 273 g/mol. The maximum absolute atomic E-state index is 12.4. The largest absolute Gasteiger partial charge is 0.263 e. The Labute approximate surface area is 95.8 Å². The van der Waals surface area contributed by atoms with Gasteiger partial charge in [0, 0.05) is 10.9 Å². The third-order valence-electron chi connectivity index (χ3n) is 2.08. The van der Waals surface area contributed by atoms with Gasteiger partial charge in [-0.2, -0.15) is 5.26 Å². The molecule has 0 aliphatic rings.